The van der Waals surface area contributed by atoms with E-state index >= 15 is 0 Å². The van der Waals surface area contributed by atoms with E-state index in [1.165, 1.54) is 12.1 Å². The van der Waals surface area contributed by atoms with Gasteiger partial charge in [-0.05, 0) is 24.1 Å². The highest BCUT2D eigenvalue weighted by atomic mass is 16.6. The maximum Gasteiger partial charge on any atom is 0.269 e. The van der Waals surface area contributed by atoms with Crippen LogP contribution < -0.4 is 0 Å². The summed E-state index contributed by atoms with van der Waals surface area (Å²) in [6.45, 7) is 2.43. The lowest BCUT2D eigenvalue weighted by Crippen LogP contribution is -2.29. The minimum Gasteiger partial charge on any atom is -0.335 e. The molecule has 1 amide bonds. The Morgan fingerprint density at radius 2 is 1.90 bits per heavy atom. The van der Waals surface area contributed by atoms with E-state index < -0.39 is 4.92 Å². The molecular weight excluding hydrogens is 394 g/mol. The molecule has 0 spiro atoms. The molecule has 4 rings (SSSR count). The molecule has 8 heteroatoms. The number of nitrogens with zero attached hydrogens (tertiary/aromatic N) is 5. The number of amides is 1. The molecule has 156 valence electrons. The van der Waals surface area contributed by atoms with Crippen molar-refractivity contribution >= 4 is 22.6 Å². The second-order valence-corrected chi connectivity index (χ2v) is 7.37. The van der Waals surface area contributed by atoms with Gasteiger partial charge in [0.2, 0.25) is 0 Å². The van der Waals surface area contributed by atoms with E-state index in [0.717, 1.165) is 10.9 Å². The van der Waals surface area contributed by atoms with Crippen molar-refractivity contribution in [3.05, 3.63) is 99.9 Å². The van der Waals surface area contributed by atoms with Crippen LogP contribution in [0.15, 0.2) is 73.1 Å². The molecule has 2 aromatic heterocycles. The highest BCUT2D eigenvalue weighted by molar-refractivity contribution is 5.96. The van der Waals surface area contributed by atoms with E-state index in [1.54, 1.807) is 47.2 Å². The molecule has 0 aliphatic carbocycles. The van der Waals surface area contributed by atoms with E-state index in [-0.39, 0.29) is 17.6 Å². The monoisotopic (exact) mass is 415 g/mol. The fourth-order valence-electron chi connectivity index (χ4n) is 3.46. The molecule has 2 heterocycles. The van der Waals surface area contributed by atoms with Crippen molar-refractivity contribution < 1.29 is 9.72 Å². The molecule has 0 saturated heterocycles. The van der Waals surface area contributed by atoms with Crippen LogP contribution in [-0.4, -0.2) is 37.5 Å². The summed E-state index contributed by atoms with van der Waals surface area (Å²) < 4.78 is 1.80. The van der Waals surface area contributed by atoms with Gasteiger partial charge in [-0.3, -0.25) is 14.9 Å². The zero-order chi connectivity index (χ0) is 22.0. The zero-order valence-corrected chi connectivity index (χ0v) is 17.2. The number of benzene rings is 2. The average molecular weight is 415 g/mol. The largest absolute Gasteiger partial charge is 0.335 e. The van der Waals surface area contributed by atoms with Crippen molar-refractivity contribution in [1.29, 1.82) is 0 Å². The summed E-state index contributed by atoms with van der Waals surface area (Å²) in [7, 11) is 1.68. The summed E-state index contributed by atoms with van der Waals surface area (Å²) in [6.07, 6.45) is 3.25. The van der Waals surface area contributed by atoms with Gasteiger partial charge in [-0.15, -0.1) is 0 Å². The molecule has 0 aliphatic heterocycles. The quantitative estimate of drug-likeness (QED) is 0.347. The van der Waals surface area contributed by atoms with E-state index in [4.69, 9.17) is 0 Å². The molecule has 31 heavy (non-hydrogen) atoms. The molecule has 0 N–H and O–H groups in total. The van der Waals surface area contributed by atoms with Gasteiger partial charge in [-0.1, -0.05) is 42.5 Å². The first-order chi connectivity index (χ1) is 14.9. The number of nitro benzene ring substituents is 1. The first-order valence-electron chi connectivity index (χ1n) is 9.81. The highest BCUT2D eigenvalue weighted by Gasteiger charge is 2.21. The number of aromatic nitrogens is 3. The number of nitro groups is 1. The van der Waals surface area contributed by atoms with E-state index in [9.17, 15) is 14.9 Å². The van der Waals surface area contributed by atoms with Crippen LogP contribution in [-0.2, 0) is 6.54 Å². The molecule has 0 fully saturated rings. The third-order valence-electron chi connectivity index (χ3n) is 5.36. The van der Waals surface area contributed by atoms with Gasteiger partial charge in [0.25, 0.3) is 11.6 Å². The number of hydrogen-bond acceptors (Lipinski definition) is 5. The van der Waals surface area contributed by atoms with Crippen LogP contribution in [0.4, 0.5) is 5.69 Å². The van der Waals surface area contributed by atoms with Crippen LogP contribution in [0.1, 0.15) is 34.5 Å². The van der Waals surface area contributed by atoms with Gasteiger partial charge in [0, 0.05) is 30.8 Å². The molecule has 0 saturated carbocycles. The fraction of sp³-hybridized carbons (Fsp3) is 0.174. The Labute approximate surface area is 178 Å². The van der Waals surface area contributed by atoms with Gasteiger partial charge in [-0.25, -0.2) is 9.67 Å². The first-order valence-corrected chi connectivity index (χ1v) is 9.81. The van der Waals surface area contributed by atoms with Crippen molar-refractivity contribution in [2.24, 2.45) is 0 Å². The van der Waals surface area contributed by atoms with E-state index in [2.05, 4.69) is 10.1 Å². The van der Waals surface area contributed by atoms with Crippen LogP contribution in [0.2, 0.25) is 0 Å². The number of non-ortho nitro benzene ring substituents is 1. The third-order valence-corrected chi connectivity index (χ3v) is 5.36. The van der Waals surface area contributed by atoms with Crippen molar-refractivity contribution in [3.63, 3.8) is 0 Å². The van der Waals surface area contributed by atoms with Crippen LogP contribution in [0.25, 0.3) is 11.0 Å². The first kappa shape index (κ1) is 20.2. The number of fused-ring (bicyclic) bond motifs is 1. The van der Waals surface area contributed by atoms with Crippen molar-refractivity contribution in [2.45, 2.75) is 19.5 Å². The number of hydrogen-bond donors (Lipinski definition) is 0. The second kappa shape index (κ2) is 8.35. The minimum atomic E-state index is -0.441. The molecule has 0 radical (unpaired) electrons. The number of rotatable bonds is 6. The van der Waals surface area contributed by atoms with Gasteiger partial charge >= 0.3 is 0 Å². The predicted molar refractivity (Wildman–Crippen MR) is 117 cm³/mol. The summed E-state index contributed by atoms with van der Waals surface area (Å²) in [5.74, 6) is -0.218. The lowest BCUT2D eigenvalue weighted by molar-refractivity contribution is -0.384. The Kier molecular flexibility index (Phi) is 5.44. The number of carbonyl (C=O) groups is 1. The normalized spacial score (nSPS) is 11.9. The lowest BCUT2D eigenvalue weighted by Gasteiger charge is -2.25. The summed E-state index contributed by atoms with van der Waals surface area (Å²) in [5.41, 5.74) is 2.94. The van der Waals surface area contributed by atoms with Gasteiger partial charge in [0.05, 0.1) is 29.3 Å². The summed E-state index contributed by atoms with van der Waals surface area (Å²) in [4.78, 5) is 29.7. The predicted octanol–water partition coefficient (Wildman–Crippen LogP) is 4.22. The fourth-order valence-corrected chi connectivity index (χ4v) is 3.46. The zero-order valence-electron chi connectivity index (χ0n) is 17.2. The molecule has 8 nitrogen and oxygen atoms in total. The average Bonchev–Trinajstić information content (AvgIpc) is 3.20. The Balaban J connectivity index is 1.56. The van der Waals surface area contributed by atoms with Gasteiger partial charge < -0.3 is 4.90 Å². The van der Waals surface area contributed by atoms with Crippen molar-refractivity contribution in [2.75, 3.05) is 7.05 Å². The summed E-state index contributed by atoms with van der Waals surface area (Å²) in [5, 5.41) is 16.2. The topological polar surface area (TPSA) is 94.2 Å². The molecule has 2 aromatic carbocycles. The Morgan fingerprint density at radius 1 is 1.13 bits per heavy atom. The SMILES string of the molecule is CC(c1cccc([N+](=O)[O-])c1)N(C)C(=O)c1cnc2c(cnn2Cc2ccccc2)c1. The highest BCUT2D eigenvalue weighted by Crippen LogP contribution is 2.25. The Bertz CT molecular complexity index is 1250. The smallest absolute Gasteiger partial charge is 0.269 e. The van der Waals surface area contributed by atoms with Gasteiger partial charge in [0.1, 0.15) is 0 Å². The van der Waals surface area contributed by atoms with Gasteiger partial charge in [0.15, 0.2) is 5.65 Å². The standard InChI is InChI=1S/C23H21N5O3/c1-16(18-9-6-10-21(12-18)28(30)31)26(2)23(29)20-11-19-14-25-27(22(19)24-13-20)15-17-7-4-3-5-8-17/h3-14,16H,15H2,1-2H3. The van der Waals surface area contributed by atoms with E-state index in [1.807, 2.05) is 37.3 Å². The van der Waals surface area contributed by atoms with Crippen LogP contribution >= 0.6 is 0 Å². The summed E-state index contributed by atoms with van der Waals surface area (Å²) in [6, 6.07) is 17.7. The summed E-state index contributed by atoms with van der Waals surface area (Å²) >= 11 is 0. The Morgan fingerprint density at radius 3 is 2.65 bits per heavy atom. The molecular formula is C23H21N5O3. The maximum atomic E-state index is 13.0. The van der Waals surface area contributed by atoms with Crippen LogP contribution in [0, 0.1) is 10.1 Å². The number of pyridine rings is 1. The minimum absolute atomic E-state index is 0.000819. The number of carbonyl (C=O) groups excluding carboxylic acids is 1. The lowest BCUT2D eigenvalue weighted by atomic mass is 10.1. The second-order valence-electron chi connectivity index (χ2n) is 7.37. The van der Waals surface area contributed by atoms with Crippen LogP contribution in [0.5, 0.6) is 0 Å². The van der Waals surface area contributed by atoms with Gasteiger partial charge in [-0.2, -0.15) is 5.10 Å². The van der Waals surface area contributed by atoms with Crippen molar-refractivity contribution in [1.82, 2.24) is 19.7 Å². The molecule has 1 atom stereocenters. The molecule has 4 aromatic rings. The van der Waals surface area contributed by atoms with E-state index in [0.29, 0.717) is 23.3 Å². The molecule has 1 unspecified atom stereocenters. The van der Waals surface area contributed by atoms with Crippen molar-refractivity contribution in [3.8, 4) is 0 Å². The Hall–Kier alpha value is -4.07. The molecule has 0 aliphatic rings. The molecule has 0 bridgehead atoms. The third kappa shape index (κ3) is 4.13. The maximum absolute atomic E-state index is 13.0. The van der Waals surface area contributed by atoms with Crippen LogP contribution in [0.3, 0.4) is 0 Å².